The Labute approximate surface area is 174 Å². The van der Waals surface area contributed by atoms with E-state index < -0.39 is 17.7 Å². The molecule has 4 rings (SSSR count). The predicted octanol–water partition coefficient (Wildman–Crippen LogP) is 4.53. The molecule has 6 nitrogen and oxygen atoms in total. The summed E-state index contributed by atoms with van der Waals surface area (Å²) >= 11 is 0. The molecular weight excluding hydrogens is 382 g/mol. The summed E-state index contributed by atoms with van der Waals surface area (Å²) in [6, 6.07) is 15.0. The SMILES string of the molecule is COc1c(C)cc(C)cc1/C(O)=C1/C(=O)C(=O)N(c2ccccc2)C1c1ccco1. The Kier molecular flexibility index (Phi) is 4.91. The highest BCUT2D eigenvalue weighted by molar-refractivity contribution is 6.51. The molecule has 0 aliphatic carbocycles. The molecule has 1 saturated heterocycles. The fourth-order valence-corrected chi connectivity index (χ4v) is 3.95. The lowest BCUT2D eigenvalue weighted by Crippen LogP contribution is -2.29. The zero-order valence-electron chi connectivity index (χ0n) is 16.9. The van der Waals surface area contributed by atoms with E-state index in [0.717, 1.165) is 11.1 Å². The maximum atomic E-state index is 13.1. The summed E-state index contributed by atoms with van der Waals surface area (Å²) in [5.41, 5.74) is 2.56. The first-order chi connectivity index (χ1) is 14.4. The van der Waals surface area contributed by atoms with Crippen LogP contribution in [0.4, 0.5) is 5.69 Å². The summed E-state index contributed by atoms with van der Waals surface area (Å²) in [5.74, 6) is -0.978. The van der Waals surface area contributed by atoms with Gasteiger partial charge in [-0.3, -0.25) is 14.5 Å². The van der Waals surface area contributed by atoms with Crippen molar-refractivity contribution >= 4 is 23.1 Å². The van der Waals surface area contributed by atoms with Gasteiger partial charge in [0.1, 0.15) is 23.3 Å². The lowest BCUT2D eigenvalue weighted by molar-refractivity contribution is -0.132. The number of methoxy groups -OCH3 is 1. The molecule has 1 amide bonds. The van der Waals surface area contributed by atoms with Gasteiger partial charge in [0.25, 0.3) is 11.7 Å². The number of rotatable bonds is 4. The monoisotopic (exact) mass is 403 g/mol. The molecule has 0 spiro atoms. The van der Waals surface area contributed by atoms with Crippen molar-refractivity contribution in [1.82, 2.24) is 0 Å². The first-order valence-electron chi connectivity index (χ1n) is 9.49. The number of Topliss-reactive ketones (excluding diaryl/α,β-unsaturated/α-hetero) is 1. The molecule has 1 aromatic heterocycles. The van der Waals surface area contributed by atoms with E-state index in [0.29, 0.717) is 22.8 Å². The number of aryl methyl sites for hydroxylation is 2. The zero-order chi connectivity index (χ0) is 21.4. The van der Waals surface area contributed by atoms with Gasteiger partial charge in [-0.15, -0.1) is 0 Å². The number of anilines is 1. The standard InChI is InChI=1S/C24H21NO5/c1-14-12-15(2)23(29-3)17(13-14)21(26)19-20(18-10-7-11-30-18)25(24(28)22(19)27)16-8-5-4-6-9-16/h4-13,20,26H,1-3H3/b21-19-. The topological polar surface area (TPSA) is 80.0 Å². The van der Waals surface area contributed by atoms with Gasteiger partial charge in [0, 0.05) is 5.69 Å². The molecule has 2 heterocycles. The van der Waals surface area contributed by atoms with Gasteiger partial charge in [0.2, 0.25) is 0 Å². The molecule has 1 atom stereocenters. The van der Waals surface area contributed by atoms with Gasteiger partial charge in [-0.05, 0) is 55.3 Å². The van der Waals surface area contributed by atoms with Crippen molar-refractivity contribution in [2.75, 3.05) is 12.0 Å². The van der Waals surface area contributed by atoms with Crippen LogP contribution in [0.5, 0.6) is 5.75 Å². The lowest BCUT2D eigenvalue weighted by atomic mass is 9.96. The minimum atomic E-state index is -0.895. The number of aliphatic hydroxyl groups is 1. The van der Waals surface area contributed by atoms with Crippen LogP contribution in [-0.2, 0) is 9.59 Å². The maximum Gasteiger partial charge on any atom is 0.300 e. The summed E-state index contributed by atoms with van der Waals surface area (Å²) in [6.45, 7) is 3.74. The fourth-order valence-electron chi connectivity index (χ4n) is 3.95. The second-order valence-corrected chi connectivity index (χ2v) is 7.18. The van der Waals surface area contributed by atoms with Crippen LogP contribution in [0.1, 0.15) is 28.5 Å². The summed E-state index contributed by atoms with van der Waals surface area (Å²) in [5, 5.41) is 11.3. The van der Waals surface area contributed by atoms with Crippen molar-refractivity contribution in [1.29, 1.82) is 0 Å². The Morgan fingerprint density at radius 3 is 2.43 bits per heavy atom. The Balaban J connectivity index is 1.99. The van der Waals surface area contributed by atoms with E-state index in [9.17, 15) is 14.7 Å². The van der Waals surface area contributed by atoms with E-state index in [1.54, 1.807) is 42.5 Å². The van der Waals surface area contributed by atoms with Crippen molar-refractivity contribution in [3.8, 4) is 5.75 Å². The van der Waals surface area contributed by atoms with Crippen molar-refractivity contribution in [3.05, 3.63) is 88.9 Å². The van der Waals surface area contributed by atoms with E-state index in [-0.39, 0.29) is 11.3 Å². The van der Waals surface area contributed by atoms with Gasteiger partial charge in [-0.2, -0.15) is 0 Å². The first-order valence-corrected chi connectivity index (χ1v) is 9.49. The van der Waals surface area contributed by atoms with E-state index in [2.05, 4.69) is 0 Å². The molecule has 152 valence electrons. The summed E-state index contributed by atoms with van der Waals surface area (Å²) in [7, 11) is 1.50. The van der Waals surface area contributed by atoms with Crippen LogP contribution in [0.25, 0.3) is 5.76 Å². The molecule has 2 aromatic carbocycles. The van der Waals surface area contributed by atoms with Gasteiger partial charge < -0.3 is 14.3 Å². The average molecular weight is 403 g/mol. The molecule has 0 radical (unpaired) electrons. The molecule has 1 fully saturated rings. The third-order valence-corrected chi connectivity index (χ3v) is 5.17. The Morgan fingerprint density at radius 2 is 1.80 bits per heavy atom. The Morgan fingerprint density at radius 1 is 1.07 bits per heavy atom. The quantitative estimate of drug-likeness (QED) is 0.393. The van der Waals surface area contributed by atoms with Crippen LogP contribution in [0.2, 0.25) is 0 Å². The number of benzene rings is 2. The zero-order valence-corrected chi connectivity index (χ0v) is 16.9. The van der Waals surface area contributed by atoms with Gasteiger partial charge in [0.05, 0.1) is 24.5 Å². The van der Waals surface area contributed by atoms with Crippen LogP contribution < -0.4 is 9.64 Å². The van der Waals surface area contributed by atoms with E-state index in [4.69, 9.17) is 9.15 Å². The molecule has 0 saturated carbocycles. The first kappa shape index (κ1) is 19.5. The summed E-state index contributed by atoms with van der Waals surface area (Å²) in [6.07, 6.45) is 1.47. The third kappa shape index (κ3) is 3.06. The average Bonchev–Trinajstić information content (AvgIpc) is 3.35. The number of ether oxygens (including phenoxy) is 1. The van der Waals surface area contributed by atoms with Crippen LogP contribution in [0.3, 0.4) is 0 Å². The number of hydrogen-bond donors (Lipinski definition) is 1. The number of hydrogen-bond acceptors (Lipinski definition) is 5. The third-order valence-electron chi connectivity index (χ3n) is 5.17. The number of carbonyl (C=O) groups is 2. The number of amides is 1. The number of furan rings is 1. The van der Waals surface area contributed by atoms with Crippen molar-refractivity contribution < 1.29 is 23.8 Å². The van der Waals surface area contributed by atoms with Gasteiger partial charge >= 0.3 is 0 Å². The lowest BCUT2D eigenvalue weighted by Gasteiger charge is -2.23. The molecular formula is C24H21NO5. The molecule has 6 heteroatoms. The normalized spacial score (nSPS) is 18.1. The Bertz CT molecular complexity index is 1150. The minimum Gasteiger partial charge on any atom is -0.507 e. The highest BCUT2D eigenvalue weighted by Crippen LogP contribution is 2.43. The van der Waals surface area contributed by atoms with Gasteiger partial charge in [0.15, 0.2) is 0 Å². The smallest absolute Gasteiger partial charge is 0.300 e. The van der Waals surface area contributed by atoms with E-state index in [1.807, 2.05) is 26.0 Å². The number of aliphatic hydroxyl groups excluding tert-OH is 1. The number of carbonyl (C=O) groups excluding carboxylic acids is 2. The maximum absolute atomic E-state index is 13.1. The Hall–Kier alpha value is -3.80. The van der Waals surface area contributed by atoms with Gasteiger partial charge in [-0.25, -0.2) is 0 Å². The second-order valence-electron chi connectivity index (χ2n) is 7.18. The number of ketones is 1. The fraction of sp³-hybridized carbons (Fsp3) is 0.167. The molecule has 1 aliphatic rings. The number of para-hydroxylation sites is 1. The van der Waals surface area contributed by atoms with Crippen LogP contribution in [0, 0.1) is 13.8 Å². The van der Waals surface area contributed by atoms with Crippen LogP contribution >= 0.6 is 0 Å². The molecule has 1 N–H and O–H groups in total. The largest absolute Gasteiger partial charge is 0.507 e. The second kappa shape index (κ2) is 7.55. The highest BCUT2D eigenvalue weighted by atomic mass is 16.5. The predicted molar refractivity (Wildman–Crippen MR) is 112 cm³/mol. The molecule has 1 aliphatic heterocycles. The number of nitrogens with zero attached hydrogens (tertiary/aromatic N) is 1. The van der Waals surface area contributed by atoms with Crippen molar-refractivity contribution in [2.24, 2.45) is 0 Å². The summed E-state index contributed by atoms with van der Waals surface area (Å²) < 4.78 is 11.0. The molecule has 3 aromatic rings. The van der Waals surface area contributed by atoms with E-state index in [1.165, 1.54) is 18.3 Å². The van der Waals surface area contributed by atoms with E-state index >= 15 is 0 Å². The minimum absolute atomic E-state index is 0.0397. The highest BCUT2D eigenvalue weighted by Gasteiger charge is 2.48. The molecule has 0 bridgehead atoms. The van der Waals surface area contributed by atoms with Crippen molar-refractivity contribution in [2.45, 2.75) is 19.9 Å². The van der Waals surface area contributed by atoms with Crippen molar-refractivity contribution in [3.63, 3.8) is 0 Å². The van der Waals surface area contributed by atoms with Crippen LogP contribution in [-0.4, -0.2) is 23.9 Å². The van der Waals surface area contributed by atoms with Gasteiger partial charge in [-0.1, -0.05) is 24.3 Å². The van der Waals surface area contributed by atoms with Crippen LogP contribution in [0.15, 0.2) is 70.9 Å². The molecule has 30 heavy (non-hydrogen) atoms. The summed E-state index contributed by atoms with van der Waals surface area (Å²) in [4.78, 5) is 27.4. The molecule has 1 unspecified atom stereocenters.